The number of nitrogens with zero attached hydrogens (tertiary/aromatic N) is 1. The Morgan fingerprint density at radius 2 is 2.10 bits per heavy atom. The number of rotatable bonds is 7. The molecule has 0 radical (unpaired) electrons. The number of para-hydroxylation sites is 1. The first kappa shape index (κ1) is 22.0. The molecule has 0 aliphatic carbocycles. The minimum atomic E-state index is -1.03. The van der Waals surface area contributed by atoms with Gasteiger partial charge in [0.1, 0.15) is 11.6 Å². The maximum Gasteiger partial charge on any atom is 0.250 e. The highest BCUT2D eigenvalue weighted by molar-refractivity contribution is 6.34. The molecule has 0 saturated carbocycles. The van der Waals surface area contributed by atoms with E-state index in [0.29, 0.717) is 42.9 Å². The Morgan fingerprint density at radius 1 is 1.32 bits per heavy atom. The van der Waals surface area contributed by atoms with Crippen LogP contribution in [0.1, 0.15) is 31.2 Å². The molecule has 2 bridgehead atoms. The molecule has 31 heavy (non-hydrogen) atoms. The summed E-state index contributed by atoms with van der Waals surface area (Å²) in [6.45, 7) is 2.16. The third kappa shape index (κ3) is 3.41. The summed E-state index contributed by atoms with van der Waals surface area (Å²) in [5, 5.41) is 15.2. The molecular formula is C22H28ClN3O5. The van der Waals surface area contributed by atoms with Gasteiger partial charge in [0.25, 0.3) is 0 Å². The molecule has 3 aliphatic rings. The molecule has 4 rings (SSSR count). The van der Waals surface area contributed by atoms with Gasteiger partial charge in [0.2, 0.25) is 17.7 Å². The normalized spacial score (nSPS) is 31.1. The summed E-state index contributed by atoms with van der Waals surface area (Å²) in [7, 11) is 1.55. The maximum atomic E-state index is 13.6. The van der Waals surface area contributed by atoms with Crippen molar-refractivity contribution in [2.45, 2.75) is 50.4 Å². The summed E-state index contributed by atoms with van der Waals surface area (Å²) in [5.74, 6) is -2.13. The van der Waals surface area contributed by atoms with Gasteiger partial charge in [-0.25, -0.2) is 0 Å². The van der Waals surface area contributed by atoms with E-state index in [1.54, 1.807) is 24.1 Å². The number of unbranched alkanes of at least 4 members (excludes halogenated alkanes) is 1. The third-order valence-corrected chi connectivity index (χ3v) is 7.19. The van der Waals surface area contributed by atoms with Gasteiger partial charge >= 0.3 is 0 Å². The first-order chi connectivity index (χ1) is 14.9. The van der Waals surface area contributed by atoms with Gasteiger partial charge in [0.05, 0.1) is 28.6 Å². The van der Waals surface area contributed by atoms with Crippen LogP contribution in [-0.4, -0.2) is 65.7 Å². The maximum absolute atomic E-state index is 13.6. The third-order valence-electron chi connectivity index (χ3n) is 6.87. The van der Waals surface area contributed by atoms with Crippen molar-refractivity contribution in [3.05, 3.63) is 28.8 Å². The smallest absolute Gasteiger partial charge is 0.250 e. The van der Waals surface area contributed by atoms with Crippen LogP contribution in [0.4, 0.5) is 5.69 Å². The Hall–Kier alpha value is -2.16. The molecule has 168 valence electrons. The van der Waals surface area contributed by atoms with Crippen molar-refractivity contribution in [3.8, 4) is 0 Å². The molecule has 3 aliphatic heterocycles. The topological polar surface area (TPSA) is 108 Å². The van der Waals surface area contributed by atoms with Gasteiger partial charge in [-0.3, -0.25) is 14.4 Å². The number of carbonyl (C=O) groups is 3. The zero-order valence-electron chi connectivity index (χ0n) is 17.7. The van der Waals surface area contributed by atoms with Crippen LogP contribution in [0.15, 0.2) is 18.2 Å². The van der Waals surface area contributed by atoms with Crippen LogP contribution in [-0.2, 0) is 19.1 Å². The average molecular weight is 450 g/mol. The van der Waals surface area contributed by atoms with E-state index >= 15 is 0 Å². The lowest BCUT2D eigenvalue weighted by atomic mass is 9.70. The van der Waals surface area contributed by atoms with Crippen molar-refractivity contribution in [2.24, 2.45) is 11.8 Å². The summed E-state index contributed by atoms with van der Waals surface area (Å²) >= 11 is 6.31. The number of benzene rings is 1. The number of aryl methyl sites for hydroxylation is 1. The molecule has 1 aromatic carbocycles. The second-order valence-corrected chi connectivity index (χ2v) is 8.96. The van der Waals surface area contributed by atoms with Crippen molar-refractivity contribution in [1.82, 2.24) is 10.2 Å². The lowest BCUT2D eigenvalue weighted by Gasteiger charge is -2.33. The Balaban J connectivity index is 1.70. The average Bonchev–Trinajstić information content (AvgIpc) is 3.38. The van der Waals surface area contributed by atoms with Gasteiger partial charge in [-0.15, -0.1) is 0 Å². The van der Waals surface area contributed by atoms with Gasteiger partial charge < -0.3 is 25.4 Å². The van der Waals surface area contributed by atoms with Crippen molar-refractivity contribution in [3.63, 3.8) is 0 Å². The van der Waals surface area contributed by atoms with E-state index in [9.17, 15) is 19.5 Å². The number of hydrogen-bond donors (Lipinski definition) is 3. The molecular weight excluding hydrogens is 422 g/mol. The van der Waals surface area contributed by atoms with Crippen molar-refractivity contribution in [1.29, 1.82) is 0 Å². The highest BCUT2D eigenvalue weighted by Crippen LogP contribution is 2.58. The van der Waals surface area contributed by atoms with Crippen LogP contribution < -0.4 is 10.6 Å². The SMILES string of the molecule is CNC(=O)[C@@H]1[C@@H]2CCC3(O2)C(C(=O)Nc2c(C)cccc2Cl)N(CCCCO)C(=O)[C@H]13. The van der Waals surface area contributed by atoms with E-state index in [1.165, 1.54) is 0 Å². The first-order valence-corrected chi connectivity index (χ1v) is 11.1. The zero-order chi connectivity index (χ0) is 22.3. The molecule has 3 amide bonds. The van der Waals surface area contributed by atoms with Crippen LogP contribution in [0.2, 0.25) is 5.02 Å². The number of aliphatic hydroxyl groups excluding tert-OH is 1. The minimum absolute atomic E-state index is 0.00568. The van der Waals surface area contributed by atoms with Crippen LogP contribution in [0, 0.1) is 18.8 Å². The largest absolute Gasteiger partial charge is 0.396 e. The lowest BCUT2D eigenvalue weighted by molar-refractivity contribution is -0.140. The highest BCUT2D eigenvalue weighted by atomic mass is 35.5. The Morgan fingerprint density at radius 3 is 2.77 bits per heavy atom. The number of amides is 3. The van der Waals surface area contributed by atoms with E-state index < -0.39 is 23.5 Å². The molecule has 1 spiro atoms. The predicted molar refractivity (Wildman–Crippen MR) is 115 cm³/mol. The summed E-state index contributed by atoms with van der Waals surface area (Å²) in [6, 6.07) is 4.49. The molecule has 3 saturated heterocycles. The number of fused-ring (bicyclic) bond motifs is 1. The number of ether oxygens (including phenoxy) is 1. The quantitative estimate of drug-likeness (QED) is 0.546. The highest BCUT2D eigenvalue weighted by Gasteiger charge is 2.74. The van der Waals surface area contributed by atoms with Crippen molar-refractivity contribution < 1.29 is 24.2 Å². The fourth-order valence-electron chi connectivity index (χ4n) is 5.54. The number of hydrogen-bond acceptors (Lipinski definition) is 5. The van der Waals surface area contributed by atoms with Crippen LogP contribution >= 0.6 is 11.6 Å². The second-order valence-electron chi connectivity index (χ2n) is 8.55. The van der Waals surface area contributed by atoms with Gasteiger partial charge in [-0.1, -0.05) is 23.7 Å². The molecule has 0 aromatic heterocycles. The number of nitrogens with one attached hydrogen (secondary N) is 2. The summed E-state index contributed by atoms with van der Waals surface area (Å²) in [6.07, 6.45) is 1.86. The fourth-order valence-corrected chi connectivity index (χ4v) is 5.81. The van der Waals surface area contributed by atoms with Crippen molar-refractivity contribution in [2.75, 3.05) is 25.5 Å². The minimum Gasteiger partial charge on any atom is -0.396 e. The number of likely N-dealkylation sites (tertiary alicyclic amines) is 1. The van der Waals surface area contributed by atoms with Gasteiger partial charge in [0, 0.05) is 20.2 Å². The number of carbonyl (C=O) groups excluding carboxylic acids is 3. The van der Waals surface area contributed by atoms with Crippen molar-refractivity contribution >= 4 is 35.0 Å². The van der Waals surface area contributed by atoms with E-state index in [0.717, 1.165) is 5.56 Å². The first-order valence-electron chi connectivity index (χ1n) is 10.7. The van der Waals surface area contributed by atoms with Crippen LogP contribution in [0.25, 0.3) is 0 Å². The molecule has 8 nitrogen and oxygen atoms in total. The van der Waals surface area contributed by atoms with E-state index in [4.69, 9.17) is 16.3 Å². The number of anilines is 1. The number of aliphatic hydroxyl groups is 1. The summed E-state index contributed by atoms with van der Waals surface area (Å²) in [4.78, 5) is 41.2. The van der Waals surface area contributed by atoms with Crippen LogP contribution in [0.3, 0.4) is 0 Å². The standard InChI is InChI=1S/C22H28ClN3O5/c1-12-6-5-7-13(23)17(12)25-20(29)18-22-9-8-14(31-22)15(19(28)24-2)16(22)21(30)26(18)10-3-4-11-27/h5-7,14-16,18,27H,3-4,8-11H2,1-2H3,(H,24,28)(H,25,29)/t14-,15+,16-,18?,22?/m0/s1. The molecule has 3 N–H and O–H groups in total. The summed E-state index contributed by atoms with van der Waals surface area (Å²) < 4.78 is 6.29. The summed E-state index contributed by atoms with van der Waals surface area (Å²) in [5.41, 5.74) is 0.287. The zero-order valence-corrected chi connectivity index (χ0v) is 18.4. The molecule has 3 heterocycles. The predicted octanol–water partition coefficient (Wildman–Crippen LogP) is 1.48. The molecule has 1 aromatic rings. The van der Waals surface area contributed by atoms with Gasteiger partial charge in [0.15, 0.2) is 0 Å². The Bertz CT molecular complexity index is 889. The molecule has 3 fully saturated rings. The molecule has 5 atom stereocenters. The second kappa shape index (κ2) is 8.41. The van der Waals surface area contributed by atoms with E-state index in [2.05, 4.69) is 10.6 Å². The monoisotopic (exact) mass is 449 g/mol. The molecule has 2 unspecified atom stereocenters. The van der Waals surface area contributed by atoms with Crippen LogP contribution in [0.5, 0.6) is 0 Å². The Kier molecular flexibility index (Phi) is 5.98. The van der Waals surface area contributed by atoms with E-state index in [1.807, 2.05) is 13.0 Å². The van der Waals surface area contributed by atoms with Gasteiger partial charge in [-0.2, -0.15) is 0 Å². The fraction of sp³-hybridized carbons (Fsp3) is 0.591. The van der Waals surface area contributed by atoms with Gasteiger partial charge in [-0.05, 0) is 44.2 Å². The van der Waals surface area contributed by atoms with E-state index in [-0.39, 0.29) is 30.4 Å². The number of halogens is 1. The molecule has 9 heteroatoms. The lowest BCUT2D eigenvalue weighted by Crippen LogP contribution is -2.53. The Labute approximate surface area is 186 Å².